The van der Waals surface area contributed by atoms with Crippen LogP contribution in [0.15, 0.2) is 28.4 Å². The summed E-state index contributed by atoms with van der Waals surface area (Å²) in [5.41, 5.74) is 1.41. The van der Waals surface area contributed by atoms with Crippen molar-refractivity contribution in [2.24, 2.45) is 16.1 Å². The summed E-state index contributed by atoms with van der Waals surface area (Å²) in [4.78, 5) is 39.8. The van der Waals surface area contributed by atoms with E-state index in [1.54, 1.807) is 6.92 Å². The van der Waals surface area contributed by atoms with Crippen molar-refractivity contribution in [2.45, 2.75) is 44.2 Å². The Kier molecular flexibility index (Phi) is 5.83. The lowest BCUT2D eigenvalue weighted by Gasteiger charge is -2.17. The van der Waals surface area contributed by atoms with Gasteiger partial charge in [0, 0.05) is 24.1 Å². The van der Waals surface area contributed by atoms with Crippen molar-refractivity contribution in [3.05, 3.63) is 51.6 Å². The fourth-order valence-corrected chi connectivity index (χ4v) is 5.97. The van der Waals surface area contributed by atoms with E-state index in [1.165, 1.54) is 30.0 Å². The summed E-state index contributed by atoms with van der Waals surface area (Å²) in [7, 11) is 0. The smallest absolute Gasteiger partial charge is 0.293 e. The minimum atomic E-state index is -0.734. The molecule has 0 radical (unpaired) electrons. The molecule has 2 aromatic rings. The number of thioether (sulfide) groups is 1. The number of carbonyl (C=O) groups excluding carboxylic acids is 3. The first-order chi connectivity index (χ1) is 16.7. The molecule has 35 heavy (non-hydrogen) atoms. The van der Waals surface area contributed by atoms with Gasteiger partial charge in [-0.1, -0.05) is 11.6 Å². The lowest BCUT2D eigenvalue weighted by atomic mass is 10.0. The van der Waals surface area contributed by atoms with Crippen molar-refractivity contribution < 1.29 is 18.8 Å². The lowest BCUT2D eigenvalue weighted by Crippen LogP contribution is -2.45. The molecule has 1 aromatic carbocycles. The number of rotatable bonds is 7. The predicted molar refractivity (Wildman–Crippen MR) is 134 cm³/mol. The number of aromatic nitrogens is 1. The lowest BCUT2D eigenvalue weighted by molar-refractivity contribution is -0.117. The maximum absolute atomic E-state index is 13.5. The Balaban J connectivity index is 1.45. The van der Waals surface area contributed by atoms with Crippen molar-refractivity contribution in [2.75, 3.05) is 11.6 Å². The Labute approximate surface area is 210 Å². The van der Waals surface area contributed by atoms with E-state index in [-0.39, 0.29) is 16.6 Å². The number of nitrogens with one attached hydrogen (secondary N) is 2. The van der Waals surface area contributed by atoms with E-state index in [2.05, 4.69) is 27.6 Å². The Morgan fingerprint density at radius 2 is 2.06 bits per heavy atom. The van der Waals surface area contributed by atoms with Crippen LogP contribution in [0, 0.1) is 18.7 Å². The third kappa shape index (κ3) is 3.98. The molecule has 11 heteroatoms. The Morgan fingerprint density at radius 3 is 2.69 bits per heavy atom. The van der Waals surface area contributed by atoms with Crippen LogP contribution < -0.4 is 10.6 Å². The van der Waals surface area contributed by atoms with Gasteiger partial charge in [-0.05, 0) is 68.5 Å². The highest BCUT2D eigenvalue weighted by Gasteiger charge is 2.52. The Bertz CT molecular complexity index is 1330. The molecule has 2 amide bonds. The molecule has 2 heterocycles. The first kappa shape index (κ1) is 23.7. The van der Waals surface area contributed by atoms with Crippen molar-refractivity contribution in [3.63, 3.8) is 0 Å². The molecule has 5 rings (SSSR count). The number of halogens is 2. The van der Waals surface area contributed by atoms with Gasteiger partial charge in [-0.25, -0.2) is 4.39 Å². The van der Waals surface area contributed by atoms with E-state index in [1.807, 2.05) is 10.8 Å². The molecule has 3 aliphatic rings. The zero-order valence-electron chi connectivity index (χ0n) is 19.2. The second-order valence-electron chi connectivity index (χ2n) is 9.13. The van der Waals surface area contributed by atoms with Crippen LogP contribution in [-0.4, -0.2) is 45.7 Å². The van der Waals surface area contributed by atoms with E-state index in [0.29, 0.717) is 52.9 Å². The van der Waals surface area contributed by atoms with Gasteiger partial charge >= 0.3 is 0 Å². The molecule has 2 saturated carbocycles. The van der Waals surface area contributed by atoms with E-state index < -0.39 is 29.0 Å². The summed E-state index contributed by atoms with van der Waals surface area (Å²) in [5.74, 6) is -2.07. The first-order valence-corrected chi connectivity index (χ1v) is 12.8. The topological polar surface area (TPSA) is 105 Å². The predicted octanol–water partition coefficient (Wildman–Crippen LogP) is 4.17. The van der Waals surface area contributed by atoms with E-state index in [4.69, 9.17) is 11.6 Å². The summed E-state index contributed by atoms with van der Waals surface area (Å²) in [6.45, 7) is 5.05. The van der Waals surface area contributed by atoms with Crippen LogP contribution in [0.5, 0.6) is 0 Å². The third-order valence-corrected chi connectivity index (χ3v) is 8.06. The number of amides is 2. The monoisotopic (exact) mass is 515 g/mol. The van der Waals surface area contributed by atoms with E-state index in [0.717, 1.165) is 6.42 Å². The van der Waals surface area contributed by atoms with Crippen LogP contribution >= 0.6 is 23.4 Å². The summed E-state index contributed by atoms with van der Waals surface area (Å²) in [5, 5.41) is 13.7. The molecule has 1 aromatic heterocycles. The van der Waals surface area contributed by atoms with Gasteiger partial charge in [0.2, 0.25) is 0 Å². The highest BCUT2D eigenvalue weighted by Crippen LogP contribution is 2.54. The van der Waals surface area contributed by atoms with Gasteiger partial charge in [0.25, 0.3) is 17.6 Å². The average molecular weight is 516 g/mol. The van der Waals surface area contributed by atoms with Crippen LogP contribution in [0.25, 0.3) is 0 Å². The molecule has 2 fully saturated rings. The van der Waals surface area contributed by atoms with Gasteiger partial charge in [0.05, 0.1) is 16.1 Å². The minimum absolute atomic E-state index is 0.108. The molecule has 0 bridgehead atoms. The SMILES string of the molecule is C=N/N=C(\SC)C1(NC(=O)C(=O)c2c(C)c(C(=O)Nc3ccc(F)c(Cl)c3)n3c2C[C@H]2C[C@H]23)CC1. The number of nitrogens with zero attached hydrogens (tertiary/aromatic N) is 3. The average Bonchev–Trinajstić information content (AvgIpc) is 3.71. The van der Waals surface area contributed by atoms with Crippen LogP contribution in [0.4, 0.5) is 10.1 Å². The van der Waals surface area contributed by atoms with Crippen LogP contribution in [0.3, 0.4) is 0 Å². The molecule has 8 nitrogen and oxygen atoms in total. The number of benzene rings is 1. The molecular weight excluding hydrogens is 493 g/mol. The normalized spacial score (nSPS) is 21.1. The van der Waals surface area contributed by atoms with Crippen molar-refractivity contribution >= 4 is 58.4 Å². The summed E-state index contributed by atoms with van der Waals surface area (Å²) < 4.78 is 15.4. The third-order valence-electron chi connectivity index (χ3n) is 6.92. The quantitative estimate of drug-likeness (QED) is 0.190. The van der Waals surface area contributed by atoms with Crippen molar-refractivity contribution in [1.29, 1.82) is 0 Å². The largest absolute Gasteiger partial charge is 0.337 e. The molecule has 2 aliphatic carbocycles. The van der Waals surface area contributed by atoms with Gasteiger partial charge in [-0.15, -0.1) is 16.9 Å². The molecule has 2 N–H and O–H groups in total. The Hall–Kier alpha value is -2.98. The number of Topliss-reactive ketones (excluding diaryl/α,β-unsaturated/α-hetero) is 1. The number of ketones is 1. The zero-order valence-corrected chi connectivity index (χ0v) is 20.7. The Morgan fingerprint density at radius 1 is 1.31 bits per heavy atom. The fourth-order valence-electron chi connectivity index (χ4n) is 5.00. The maximum Gasteiger partial charge on any atom is 0.293 e. The van der Waals surface area contributed by atoms with Gasteiger partial charge in [0.15, 0.2) is 0 Å². The summed E-state index contributed by atoms with van der Waals surface area (Å²) in [6, 6.07) is 4.05. The van der Waals surface area contributed by atoms with Gasteiger partial charge in [-0.2, -0.15) is 5.10 Å². The van der Waals surface area contributed by atoms with Crippen LogP contribution in [0.1, 0.15) is 57.4 Å². The molecule has 2 atom stereocenters. The fraction of sp³-hybridized carbons (Fsp3) is 0.375. The van der Waals surface area contributed by atoms with Gasteiger partial charge in [0.1, 0.15) is 16.6 Å². The summed E-state index contributed by atoms with van der Waals surface area (Å²) in [6.07, 6.45) is 4.71. The van der Waals surface area contributed by atoms with E-state index in [9.17, 15) is 18.8 Å². The number of hydrogen-bond acceptors (Lipinski definition) is 6. The number of carbonyl (C=O) groups is 3. The number of fused-ring (bicyclic) bond motifs is 3. The zero-order chi connectivity index (χ0) is 25.1. The molecule has 0 unspecified atom stereocenters. The molecule has 1 aliphatic heterocycles. The second-order valence-corrected chi connectivity index (χ2v) is 10.3. The van der Waals surface area contributed by atoms with Gasteiger partial charge < -0.3 is 15.2 Å². The molecule has 182 valence electrons. The van der Waals surface area contributed by atoms with Crippen LogP contribution in [-0.2, 0) is 11.2 Å². The van der Waals surface area contributed by atoms with Crippen molar-refractivity contribution in [1.82, 2.24) is 9.88 Å². The number of hydrogen-bond donors (Lipinski definition) is 2. The second kappa shape index (κ2) is 8.60. The highest BCUT2D eigenvalue weighted by molar-refractivity contribution is 8.13. The van der Waals surface area contributed by atoms with E-state index >= 15 is 0 Å². The first-order valence-electron chi connectivity index (χ1n) is 11.2. The molecule has 0 saturated heterocycles. The molecular formula is C24H23ClFN5O3S. The minimum Gasteiger partial charge on any atom is -0.337 e. The summed E-state index contributed by atoms with van der Waals surface area (Å²) >= 11 is 7.20. The van der Waals surface area contributed by atoms with Crippen LogP contribution in [0.2, 0.25) is 5.02 Å². The maximum atomic E-state index is 13.5. The van der Waals surface area contributed by atoms with Crippen molar-refractivity contribution in [3.8, 4) is 0 Å². The van der Waals surface area contributed by atoms with Gasteiger partial charge in [-0.3, -0.25) is 14.4 Å². The standard InChI is InChI=1S/C24H23ClFN5O3S/c1-11-18(20(32)22(34)29-24(6-7-24)23(35-3)30-27-2)17-9-12-8-16(12)31(17)19(11)21(33)28-13-4-5-15(26)14(25)10-13/h4-5,10,12,16H,2,6-9H2,1,3H3,(H,28,33)(H,29,34)/b30-23-/t12-,16-/m1/s1. The number of anilines is 1. The molecule has 0 spiro atoms. The highest BCUT2D eigenvalue weighted by atomic mass is 35.5.